The first kappa shape index (κ1) is 21.0. The molecule has 0 radical (unpaired) electrons. The fourth-order valence-electron chi connectivity index (χ4n) is 2.17. The van der Waals surface area contributed by atoms with E-state index in [1.54, 1.807) is 0 Å². The second-order valence-electron chi connectivity index (χ2n) is 4.59. The molecular weight excluding hydrogens is 520 g/mol. The SMILES string of the molecule is O=C(O)Oc1cc(Br)c(OC(=O)O)c2c(OC(=O)O)c(Br)cc(OC(=O)O)c12. The smallest absolute Gasteiger partial charge is 0.449 e. The van der Waals surface area contributed by atoms with Gasteiger partial charge < -0.3 is 39.4 Å². The van der Waals surface area contributed by atoms with Gasteiger partial charge in [-0.3, -0.25) is 0 Å². The van der Waals surface area contributed by atoms with Crippen LogP contribution in [-0.4, -0.2) is 45.0 Å². The van der Waals surface area contributed by atoms with Crippen molar-refractivity contribution >= 4 is 67.3 Å². The van der Waals surface area contributed by atoms with E-state index in [4.69, 9.17) is 20.4 Å². The average molecular weight is 526 g/mol. The van der Waals surface area contributed by atoms with E-state index < -0.39 is 58.4 Å². The first-order valence-corrected chi connectivity index (χ1v) is 8.21. The fraction of sp³-hybridized carbons (Fsp3) is 0. The van der Waals surface area contributed by atoms with Gasteiger partial charge in [-0.25, -0.2) is 19.2 Å². The number of rotatable bonds is 4. The first-order chi connectivity index (χ1) is 13.0. The molecule has 148 valence electrons. The Labute approximate surface area is 170 Å². The Morgan fingerprint density at radius 2 is 0.929 bits per heavy atom. The minimum Gasteiger partial charge on any atom is -0.449 e. The van der Waals surface area contributed by atoms with Gasteiger partial charge in [-0.1, -0.05) is 0 Å². The Bertz CT molecular complexity index is 939. The molecule has 14 heteroatoms. The molecule has 0 aliphatic carbocycles. The number of ether oxygens (including phenoxy) is 4. The van der Waals surface area contributed by atoms with Gasteiger partial charge in [-0.05, 0) is 44.0 Å². The van der Waals surface area contributed by atoms with Gasteiger partial charge >= 0.3 is 24.6 Å². The molecule has 0 saturated carbocycles. The number of fused-ring (bicyclic) bond motifs is 1. The molecule has 0 atom stereocenters. The van der Waals surface area contributed by atoms with Crippen LogP contribution in [-0.2, 0) is 0 Å². The van der Waals surface area contributed by atoms with Gasteiger partial charge in [-0.15, -0.1) is 0 Å². The van der Waals surface area contributed by atoms with Crippen LogP contribution in [0.1, 0.15) is 0 Å². The molecule has 0 aromatic heterocycles. The Morgan fingerprint density at radius 3 is 1.21 bits per heavy atom. The summed E-state index contributed by atoms with van der Waals surface area (Å²) in [6.45, 7) is 0. The zero-order chi connectivity index (χ0) is 21.2. The minimum atomic E-state index is -1.81. The standard InChI is InChI=1S/C14H6Br2O12/c15-3-1-5(25-11(17)18)7-6(26-12(19)20)2-4(16)10(28-14(23)24)8(7)9(3)27-13(21)22/h1-2H,(H,17,18)(H,19,20)(H,21,22)(H,23,24). The third kappa shape index (κ3) is 4.52. The summed E-state index contributed by atoms with van der Waals surface area (Å²) in [5.41, 5.74) is 0. The van der Waals surface area contributed by atoms with Crippen molar-refractivity contribution in [3.63, 3.8) is 0 Å². The lowest BCUT2D eigenvalue weighted by atomic mass is 10.1. The third-order valence-corrected chi connectivity index (χ3v) is 4.10. The lowest BCUT2D eigenvalue weighted by Gasteiger charge is -2.17. The van der Waals surface area contributed by atoms with Crippen molar-refractivity contribution in [3.05, 3.63) is 21.1 Å². The van der Waals surface area contributed by atoms with Crippen molar-refractivity contribution in [2.75, 3.05) is 0 Å². The average Bonchev–Trinajstić information content (AvgIpc) is 2.51. The summed E-state index contributed by atoms with van der Waals surface area (Å²) < 4.78 is 18.1. The summed E-state index contributed by atoms with van der Waals surface area (Å²) in [5.74, 6) is -2.11. The molecule has 2 aromatic carbocycles. The minimum absolute atomic E-state index is 0.173. The van der Waals surface area contributed by atoms with Gasteiger partial charge in [0.1, 0.15) is 11.5 Å². The van der Waals surface area contributed by atoms with Gasteiger partial charge in [-0.2, -0.15) is 0 Å². The normalized spacial score (nSPS) is 10.2. The van der Waals surface area contributed by atoms with Crippen LogP contribution in [0.4, 0.5) is 19.2 Å². The van der Waals surface area contributed by atoms with Crippen molar-refractivity contribution in [1.82, 2.24) is 0 Å². The van der Waals surface area contributed by atoms with E-state index in [1.807, 2.05) is 0 Å². The maximum atomic E-state index is 11.0. The van der Waals surface area contributed by atoms with Crippen LogP contribution < -0.4 is 18.9 Å². The highest BCUT2D eigenvalue weighted by atomic mass is 79.9. The second kappa shape index (κ2) is 8.18. The topological polar surface area (TPSA) is 186 Å². The molecule has 0 unspecified atom stereocenters. The Balaban J connectivity index is 3.07. The number of hydrogen-bond acceptors (Lipinski definition) is 8. The van der Waals surface area contributed by atoms with Crippen molar-refractivity contribution in [3.8, 4) is 23.0 Å². The van der Waals surface area contributed by atoms with Crippen molar-refractivity contribution in [2.24, 2.45) is 0 Å². The highest BCUT2D eigenvalue weighted by molar-refractivity contribution is 9.11. The lowest BCUT2D eigenvalue weighted by Crippen LogP contribution is -2.11. The number of carbonyl (C=O) groups is 4. The Kier molecular flexibility index (Phi) is 6.15. The number of carboxylic acid groups (broad SMARTS) is 4. The summed E-state index contributed by atoms with van der Waals surface area (Å²) in [5, 5.41) is 34.9. The molecule has 0 fully saturated rings. The number of hydrogen-bond donors (Lipinski definition) is 4. The molecular formula is C14H6Br2O12. The monoisotopic (exact) mass is 524 g/mol. The molecule has 0 saturated heterocycles. The molecule has 2 rings (SSSR count). The van der Waals surface area contributed by atoms with Crippen LogP contribution in [0.3, 0.4) is 0 Å². The molecule has 0 aliphatic rings. The van der Waals surface area contributed by atoms with E-state index in [9.17, 15) is 19.2 Å². The maximum absolute atomic E-state index is 11.0. The second-order valence-corrected chi connectivity index (χ2v) is 6.30. The largest absolute Gasteiger partial charge is 0.511 e. The van der Waals surface area contributed by atoms with E-state index in [0.29, 0.717) is 0 Å². The van der Waals surface area contributed by atoms with Crippen molar-refractivity contribution in [2.45, 2.75) is 0 Å². The maximum Gasteiger partial charge on any atom is 0.511 e. The van der Waals surface area contributed by atoms with E-state index >= 15 is 0 Å². The lowest BCUT2D eigenvalue weighted by molar-refractivity contribution is 0.139. The highest BCUT2D eigenvalue weighted by Gasteiger charge is 2.28. The van der Waals surface area contributed by atoms with Crippen LogP contribution in [0.2, 0.25) is 0 Å². The van der Waals surface area contributed by atoms with Crippen molar-refractivity contribution < 1.29 is 58.6 Å². The molecule has 0 spiro atoms. The van der Waals surface area contributed by atoms with Crippen LogP contribution in [0.15, 0.2) is 21.1 Å². The zero-order valence-electron chi connectivity index (χ0n) is 13.0. The summed E-state index contributed by atoms with van der Waals surface area (Å²) in [6, 6.07) is 1.92. The van der Waals surface area contributed by atoms with Crippen LogP contribution >= 0.6 is 31.9 Å². The van der Waals surface area contributed by atoms with Crippen molar-refractivity contribution in [1.29, 1.82) is 0 Å². The van der Waals surface area contributed by atoms with Crippen LogP contribution in [0.25, 0.3) is 10.8 Å². The molecule has 28 heavy (non-hydrogen) atoms. The predicted octanol–water partition coefficient (Wildman–Crippen LogP) is 4.59. The molecule has 0 amide bonds. The van der Waals surface area contributed by atoms with E-state index in [0.717, 1.165) is 12.1 Å². The van der Waals surface area contributed by atoms with Gasteiger partial charge in [0.05, 0.1) is 19.7 Å². The summed E-state index contributed by atoms with van der Waals surface area (Å²) >= 11 is 5.90. The van der Waals surface area contributed by atoms with Gasteiger partial charge in [0, 0.05) is 0 Å². The summed E-state index contributed by atoms with van der Waals surface area (Å²) in [4.78, 5) is 44.1. The third-order valence-electron chi connectivity index (χ3n) is 2.92. The summed E-state index contributed by atoms with van der Waals surface area (Å²) in [7, 11) is 0. The quantitative estimate of drug-likeness (QED) is 0.321. The van der Waals surface area contributed by atoms with Crippen LogP contribution in [0.5, 0.6) is 23.0 Å². The van der Waals surface area contributed by atoms with Crippen LogP contribution in [0, 0.1) is 0 Å². The molecule has 12 nitrogen and oxygen atoms in total. The van der Waals surface area contributed by atoms with E-state index in [-0.39, 0.29) is 8.95 Å². The molecule has 4 N–H and O–H groups in total. The van der Waals surface area contributed by atoms with Gasteiger partial charge in [0.15, 0.2) is 11.5 Å². The molecule has 2 aromatic rings. The molecule has 0 bridgehead atoms. The predicted molar refractivity (Wildman–Crippen MR) is 94.0 cm³/mol. The summed E-state index contributed by atoms with van der Waals surface area (Å²) in [6.07, 6.45) is -7.22. The number of halogens is 2. The number of benzene rings is 2. The zero-order valence-corrected chi connectivity index (χ0v) is 16.1. The Hall–Kier alpha value is -3.26. The Morgan fingerprint density at radius 1 is 0.607 bits per heavy atom. The highest BCUT2D eigenvalue weighted by Crippen LogP contribution is 2.51. The fourth-order valence-corrected chi connectivity index (χ4v) is 3.14. The van der Waals surface area contributed by atoms with Gasteiger partial charge in [0.2, 0.25) is 0 Å². The van der Waals surface area contributed by atoms with E-state index in [1.165, 1.54) is 0 Å². The van der Waals surface area contributed by atoms with Gasteiger partial charge in [0.25, 0.3) is 0 Å². The molecule has 0 aliphatic heterocycles. The first-order valence-electron chi connectivity index (χ1n) is 6.63. The molecule has 0 heterocycles. The van der Waals surface area contributed by atoms with E-state index in [2.05, 4.69) is 50.8 Å².